The van der Waals surface area contributed by atoms with Gasteiger partial charge in [0.05, 0.1) is 7.11 Å². The summed E-state index contributed by atoms with van der Waals surface area (Å²) in [4.78, 5) is 17.5. The van der Waals surface area contributed by atoms with Crippen molar-refractivity contribution in [2.45, 2.75) is 6.54 Å². The predicted octanol–water partition coefficient (Wildman–Crippen LogP) is 3.45. The quantitative estimate of drug-likeness (QED) is 0.801. The number of carbonyl (C=O) groups is 1. The van der Waals surface area contributed by atoms with Crippen molar-refractivity contribution < 1.29 is 9.53 Å². The monoisotopic (exact) mass is 294 g/mol. The van der Waals surface area contributed by atoms with Gasteiger partial charge in [-0.25, -0.2) is 0 Å². The lowest BCUT2D eigenvalue weighted by molar-refractivity contribution is 0.0787. The molecular formula is C18H18N2O2. The Morgan fingerprint density at radius 2 is 2.00 bits per heavy atom. The molecule has 112 valence electrons. The Balaban J connectivity index is 1.83. The number of aromatic nitrogens is 1. The summed E-state index contributed by atoms with van der Waals surface area (Å²) < 4.78 is 5.22. The first kappa shape index (κ1) is 14.2. The molecule has 0 aliphatic carbocycles. The zero-order valence-electron chi connectivity index (χ0n) is 12.7. The Labute approximate surface area is 129 Å². The van der Waals surface area contributed by atoms with Gasteiger partial charge in [0, 0.05) is 36.3 Å². The maximum Gasteiger partial charge on any atom is 0.254 e. The van der Waals surface area contributed by atoms with E-state index >= 15 is 0 Å². The number of ether oxygens (including phenoxy) is 1. The normalized spacial score (nSPS) is 10.6. The highest BCUT2D eigenvalue weighted by atomic mass is 16.5. The number of fused-ring (bicyclic) bond motifs is 1. The molecule has 1 aromatic heterocycles. The van der Waals surface area contributed by atoms with E-state index in [0.717, 1.165) is 22.2 Å². The number of carbonyl (C=O) groups excluding carboxylic acids is 1. The van der Waals surface area contributed by atoms with E-state index in [0.29, 0.717) is 12.1 Å². The van der Waals surface area contributed by atoms with Crippen LogP contribution in [-0.2, 0) is 6.54 Å². The Morgan fingerprint density at radius 3 is 2.82 bits per heavy atom. The third kappa shape index (κ3) is 2.68. The van der Waals surface area contributed by atoms with E-state index in [1.165, 1.54) is 0 Å². The minimum absolute atomic E-state index is 0.00743. The minimum Gasteiger partial charge on any atom is -0.497 e. The predicted molar refractivity (Wildman–Crippen MR) is 87.1 cm³/mol. The first-order valence-corrected chi connectivity index (χ1v) is 7.13. The van der Waals surface area contributed by atoms with Crippen molar-refractivity contribution in [3.8, 4) is 5.75 Å². The lowest BCUT2D eigenvalue weighted by Crippen LogP contribution is -2.26. The van der Waals surface area contributed by atoms with Crippen LogP contribution in [-0.4, -0.2) is 29.9 Å². The van der Waals surface area contributed by atoms with Crippen LogP contribution in [0.15, 0.2) is 54.7 Å². The number of nitrogens with one attached hydrogen (secondary N) is 1. The van der Waals surface area contributed by atoms with Crippen LogP contribution >= 0.6 is 0 Å². The molecule has 2 aromatic carbocycles. The highest BCUT2D eigenvalue weighted by Crippen LogP contribution is 2.20. The zero-order valence-corrected chi connectivity index (χ0v) is 12.7. The summed E-state index contributed by atoms with van der Waals surface area (Å²) >= 11 is 0. The second-order valence-electron chi connectivity index (χ2n) is 5.26. The highest BCUT2D eigenvalue weighted by molar-refractivity contribution is 6.06. The van der Waals surface area contributed by atoms with Gasteiger partial charge in [-0.05, 0) is 35.9 Å². The molecule has 4 heteroatoms. The maximum atomic E-state index is 12.7. The van der Waals surface area contributed by atoms with Gasteiger partial charge in [0.2, 0.25) is 0 Å². The first-order chi connectivity index (χ1) is 10.7. The van der Waals surface area contributed by atoms with Gasteiger partial charge in [0.15, 0.2) is 0 Å². The van der Waals surface area contributed by atoms with Crippen molar-refractivity contribution >= 4 is 16.8 Å². The summed E-state index contributed by atoms with van der Waals surface area (Å²) in [6, 6.07) is 15.4. The lowest BCUT2D eigenvalue weighted by atomic mass is 10.1. The minimum atomic E-state index is 0.00743. The molecule has 0 aliphatic heterocycles. The van der Waals surface area contributed by atoms with E-state index in [9.17, 15) is 4.79 Å². The van der Waals surface area contributed by atoms with Gasteiger partial charge < -0.3 is 14.6 Å². The molecule has 0 unspecified atom stereocenters. The van der Waals surface area contributed by atoms with Crippen LogP contribution in [0.1, 0.15) is 15.9 Å². The summed E-state index contributed by atoms with van der Waals surface area (Å²) in [7, 11) is 3.45. The van der Waals surface area contributed by atoms with Crippen LogP contribution in [0.3, 0.4) is 0 Å². The van der Waals surface area contributed by atoms with Gasteiger partial charge in [-0.2, -0.15) is 0 Å². The lowest BCUT2D eigenvalue weighted by Gasteiger charge is -2.18. The van der Waals surface area contributed by atoms with Crippen molar-refractivity contribution in [3.63, 3.8) is 0 Å². The molecule has 4 nitrogen and oxygen atoms in total. The van der Waals surface area contributed by atoms with E-state index in [-0.39, 0.29) is 5.91 Å². The van der Waals surface area contributed by atoms with Crippen LogP contribution in [0.5, 0.6) is 5.75 Å². The number of nitrogens with zero attached hydrogens (tertiary/aromatic N) is 1. The molecule has 0 aliphatic rings. The van der Waals surface area contributed by atoms with E-state index in [1.54, 1.807) is 12.0 Å². The average molecular weight is 294 g/mol. The molecule has 0 saturated heterocycles. The van der Waals surface area contributed by atoms with E-state index in [4.69, 9.17) is 4.74 Å². The third-order valence-corrected chi connectivity index (χ3v) is 3.73. The largest absolute Gasteiger partial charge is 0.497 e. The number of hydrogen-bond acceptors (Lipinski definition) is 2. The topological polar surface area (TPSA) is 45.3 Å². The van der Waals surface area contributed by atoms with Gasteiger partial charge in [-0.3, -0.25) is 4.79 Å². The van der Waals surface area contributed by atoms with Gasteiger partial charge in [0.25, 0.3) is 5.91 Å². The molecule has 0 atom stereocenters. The van der Waals surface area contributed by atoms with Crippen molar-refractivity contribution in [1.82, 2.24) is 9.88 Å². The van der Waals surface area contributed by atoms with Gasteiger partial charge >= 0.3 is 0 Å². The van der Waals surface area contributed by atoms with Crippen LogP contribution in [0.25, 0.3) is 10.9 Å². The summed E-state index contributed by atoms with van der Waals surface area (Å²) in [6.45, 7) is 0.539. The van der Waals surface area contributed by atoms with Gasteiger partial charge in [-0.15, -0.1) is 0 Å². The number of rotatable bonds is 4. The SMILES string of the molecule is COc1cccc(CN(C)C(=O)c2cccc3[nH]ccc23)c1. The standard InChI is InChI=1S/C18H18N2O2/c1-20(12-13-5-3-6-14(11-13)22-2)18(21)16-7-4-8-17-15(16)9-10-19-17/h3-11,19H,12H2,1-2H3. The molecule has 3 rings (SSSR count). The number of benzene rings is 2. The number of H-pyrrole nitrogens is 1. The molecule has 1 heterocycles. The van der Waals surface area contributed by atoms with Crippen molar-refractivity contribution in [2.75, 3.05) is 14.2 Å². The first-order valence-electron chi connectivity index (χ1n) is 7.13. The average Bonchev–Trinajstić information content (AvgIpc) is 3.02. The number of amides is 1. The Kier molecular flexibility index (Phi) is 3.83. The van der Waals surface area contributed by atoms with E-state index in [1.807, 2.05) is 61.8 Å². The van der Waals surface area contributed by atoms with E-state index < -0.39 is 0 Å². The highest BCUT2D eigenvalue weighted by Gasteiger charge is 2.15. The summed E-state index contributed by atoms with van der Waals surface area (Å²) in [6.07, 6.45) is 1.85. The molecule has 0 radical (unpaired) electrons. The maximum absolute atomic E-state index is 12.7. The smallest absolute Gasteiger partial charge is 0.254 e. The molecule has 0 bridgehead atoms. The third-order valence-electron chi connectivity index (χ3n) is 3.73. The van der Waals surface area contributed by atoms with Crippen LogP contribution in [0.4, 0.5) is 0 Å². The summed E-state index contributed by atoms with van der Waals surface area (Å²) in [5, 5.41) is 0.949. The molecule has 1 N–H and O–H groups in total. The fourth-order valence-electron chi connectivity index (χ4n) is 2.59. The molecule has 0 saturated carbocycles. The molecule has 22 heavy (non-hydrogen) atoms. The van der Waals surface area contributed by atoms with Gasteiger partial charge in [0.1, 0.15) is 5.75 Å². The fraction of sp³-hybridized carbons (Fsp3) is 0.167. The van der Waals surface area contributed by atoms with Crippen molar-refractivity contribution in [2.24, 2.45) is 0 Å². The van der Waals surface area contributed by atoms with Gasteiger partial charge in [-0.1, -0.05) is 18.2 Å². The second kappa shape index (κ2) is 5.93. The zero-order chi connectivity index (χ0) is 15.5. The van der Waals surface area contributed by atoms with Crippen molar-refractivity contribution in [1.29, 1.82) is 0 Å². The van der Waals surface area contributed by atoms with Crippen LogP contribution < -0.4 is 4.74 Å². The molecular weight excluding hydrogens is 276 g/mol. The Bertz CT molecular complexity index is 807. The number of methoxy groups -OCH3 is 1. The second-order valence-corrected chi connectivity index (χ2v) is 5.26. The summed E-state index contributed by atoms with van der Waals surface area (Å²) in [5.74, 6) is 0.805. The molecule has 0 fully saturated rings. The Hall–Kier alpha value is -2.75. The van der Waals surface area contributed by atoms with Crippen molar-refractivity contribution in [3.05, 3.63) is 65.9 Å². The Morgan fingerprint density at radius 1 is 1.18 bits per heavy atom. The molecule has 1 amide bonds. The molecule has 0 spiro atoms. The molecule has 3 aromatic rings. The summed E-state index contributed by atoms with van der Waals surface area (Å²) in [5.41, 5.74) is 2.72. The van der Waals surface area contributed by atoms with E-state index in [2.05, 4.69) is 4.98 Å². The number of hydrogen-bond donors (Lipinski definition) is 1. The fourth-order valence-corrected chi connectivity index (χ4v) is 2.59. The van der Waals surface area contributed by atoms with Crippen LogP contribution in [0.2, 0.25) is 0 Å². The van der Waals surface area contributed by atoms with Crippen LogP contribution in [0, 0.1) is 0 Å². The number of aromatic amines is 1.